The standard InChI is InChI=1S/C26H26Cl2N4O4S/c1-36-21-8-3-17(4-9-21)25(35)32(20-6-7-20)14-24(34)31-26-30-19(15-37-26)13-23(33)29-11-10-16-2-5-18(27)12-22(16)28/h2-5,8-9,12,15,20H,6-7,10-11,13-14H2,1H3,(H,29,33)(H,30,31,34). The Hall–Kier alpha value is -3.14. The summed E-state index contributed by atoms with van der Waals surface area (Å²) in [7, 11) is 1.56. The third-order valence-electron chi connectivity index (χ3n) is 5.77. The van der Waals surface area contributed by atoms with Crippen molar-refractivity contribution in [1.29, 1.82) is 0 Å². The first-order chi connectivity index (χ1) is 17.8. The highest BCUT2D eigenvalue weighted by Crippen LogP contribution is 2.29. The van der Waals surface area contributed by atoms with Gasteiger partial charge in [-0.3, -0.25) is 14.4 Å². The Morgan fingerprint density at radius 1 is 1.11 bits per heavy atom. The largest absolute Gasteiger partial charge is 0.497 e. The van der Waals surface area contributed by atoms with Gasteiger partial charge < -0.3 is 20.3 Å². The fourth-order valence-corrected chi connectivity index (χ4v) is 4.93. The van der Waals surface area contributed by atoms with Gasteiger partial charge in [-0.15, -0.1) is 11.3 Å². The number of hydrogen-bond donors (Lipinski definition) is 2. The first-order valence-electron chi connectivity index (χ1n) is 11.7. The van der Waals surface area contributed by atoms with Crippen molar-refractivity contribution in [2.45, 2.75) is 31.7 Å². The van der Waals surface area contributed by atoms with Crippen LogP contribution in [0.4, 0.5) is 5.13 Å². The van der Waals surface area contributed by atoms with Gasteiger partial charge in [0.15, 0.2) is 5.13 Å². The molecule has 37 heavy (non-hydrogen) atoms. The Bertz CT molecular complexity index is 1280. The molecule has 0 atom stereocenters. The van der Waals surface area contributed by atoms with Crippen molar-refractivity contribution < 1.29 is 19.1 Å². The lowest BCUT2D eigenvalue weighted by molar-refractivity contribution is -0.120. The molecule has 1 aromatic heterocycles. The molecule has 1 aliphatic rings. The average Bonchev–Trinajstić information content (AvgIpc) is 3.63. The van der Waals surface area contributed by atoms with Crippen molar-refractivity contribution in [3.63, 3.8) is 0 Å². The second-order valence-corrected chi connectivity index (χ2v) is 10.3. The number of rotatable bonds is 11. The van der Waals surface area contributed by atoms with Crippen molar-refractivity contribution in [2.75, 3.05) is 25.5 Å². The maximum atomic E-state index is 13.0. The SMILES string of the molecule is COc1ccc(C(=O)N(CC(=O)Nc2nc(CC(=O)NCCc3ccc(Cl)cc3Cl)cs2)C2CC2)cc1. The number of thiazole rings is 1. The van der Waals surface area contributed by atoms with Gasteiger partial charge in [0.1, 0.15) is 12.3 Å². The predicted molar refractivity (Wildman–Crippen MR) is 145 cm³/mol. The van der Waals surface area contributed by atoms with Gasteiger partial charge in [0, 0.05) is 33.6 Å². The molecule has 0 unspecified atom stereocenters. The summed E-state index contributed by atoms with van der Waals surface area (Å²) in [6.07, 6.45) is 2.41. The lowest BCUT2D eigenvalue weighted by Gasteiger charge is -2.21. The van der Waals surface area contributed by atoms with Crippen LogP contribution in [0.25, 0.3) is 0 Å². The number of aromatic nitrogens is 1. The highest BCUT2D eigenvalue weighted by Gasteiger charge is 2.34. The molecule has 1 heterocycles. The van der Waals surface area contributed by atoms with E-state index >= 15 is 0 Å². The van der Waals surface area contributed by atoms with Gasteiger partial charge >= 0.3 is 0 Å². The summed E-state index contributed by atoms with van der Waals surface area (Å²) in [5, 5.41) is 8.83. The number of anilines is 1. The second-order valence-electron chi connectivity index (χ2n) is 8.60. The summed E-state index contributed by atoms with van der Waals surface area (Å²) in [4.78, 5) is 43.9. The summed E-state index contributed by atoms with van der Waals surface area (Å²) >= 11 is 13.3. The van der Waals surface area contributed by atoms with Gasteiger partial charge in [-0.25, -0.2) is 4.98 Å². The molecule has 2 aromatic carbocycles. The molecule has 0 spiro atoms. The molecule has 0 saturated heterocycles. The number of nitrogens with zero attached hydrogens (tertiary/aromatic N) is 2. The molecule has 11 heteroatoms. The van der Waals surface area contributed by atoms with Gasteiger partial charge in [0.2, 0.25) is 11.8 Å². The number of benzene rings is 2. The van der Waals surface area contributed by atoms with E-state index in [1.807, 2.05) is 6.07 Å². The first kappa shape index (κ1) is 26.9. The van der Waals surface area contributed by atoms with Crippen molar-refractivity contribution in [2.24, 2.45) is 0 Å². The fourth-order valence-electron chi connectivity index (χ4n) is 3.70. The molecule has 2 N–H and O–H groups in total. The number of carbonyl (C=O) groups is 3. The molecule has 3 aromatic rings. The second kappa shape index (κ2) is 12.4. The highest BCUT2D eigenvalue weighted by atomic mass is 35.5. The number of halogens is 2. The van der Waals surface area contributed by atoms with Crippen LogP contribution in [-0.2, 0) is 22.4 Å². The molecule has 0 aliphatic heterocycles. The van der Waals surface area contributed by atoms with Crippen LogP contribution in [0.5, 0.6) is 5.75 Å². The number of ether oxygens (including phenoxy) is 1. The fraction of sp³-hybridized carbons (Fsp3) is 0.308. The maximum absolute atomic E-state index is 13.0. The summed E-state index contributed by atoms with van der Waals surface area (Å²) in [5.41, 5.74) is 1.95. The smallest absolute Gasteiger partial charge is 0.254 e. The van der Waals surface area contributed by atoms with Gasteiger partial charge in [-0.1, -0.05) is 29.3 Å². The summed E-state index contributed by atoms with van der Waals surface area (Å²) < 4.78 is 5.14. The number of amides is 3. The molecule has 0 radical (unpaired) electrons. The van der Waals surface area contributed by atoms with E-state index in [1.54, 1.807) is 53.8 Å². The van der Waals surface area contributed by atoms with Gasteiger partial charge in [0.25, 0.3) is 5.91 Å². The van der Waals surface area contributed by atoms with E-state index in [1.165, 1.54) is 11.3 Å². The quantitative estimate of drug-likeness (QED) is 0.357. The Morgan fingerprint density at radius 2 is 1.86 bits per heavy atom. The van der Waals surface area contributed by atoms with Crippen molar-refractivity contribution in [3.05, 3.63) is 74.7 Å². The van der Waals surface area contributed by atoms with Crippen molar-refractivity contribution in [1.82, 2.24) is 15.2 Å². The molecule has 1 fully saturated rings. The zero-order valence-electron chi connectivity index (χ0n) is 20.1. The van der Waals surface area contributed by atoms with Crippen LogP contribution in [0.2, 0.25) is 10.0 Å². The van der Waals surface area contributed by atoms with Gasteiger partial charge in [-0.05, 0) is 61.2 Å². The minimum atomic E-state index is -0.334. The van der Waals surface area contributed by atoms with Crippen LogP contribution in [-0.4, -0.2) is 53.8 Å². The van der Waals surface area contributed by atoms with Gasteiger partial charge in [0.05, 0.1) is 19.2 Å². The zero-order valence-corrected chi connectivity index (χ0v) is 22.5. The summed E-state index contributed by atoms with van der Waals surface area (Å²) in [6, 6.07) is 12.1. The van der Waals surface area contributed by atoms with Crippen LogP contribution in [0.1, 0.15) is 34.5 Å². The van der Waals surface area contributed by atoms with Crippen LogP contribution in [0.15, 0.2) is 47.8 Å². The summed E-state index contributed by atoms with van der Waals surface area (Å²) in [6.45, 7) is 0.353. The Labute approximate surface area is 228 Å². The van der Waals surface area contributed by atoms with Gasteiger partial charge in [-0.2, -0.15) is 0 Å². The molecule has 1 aliphatic carbocycles. The Kier molecular flexibility index (Phi) is 9.02. The number of nitrogens with one attached hydrogen (secondary N) is 2. The van der Waals surface area contributed by atoms with E-state index in [-0.39, 0.29) is 36.7 Å². The topological polar surface area (TPSA) is 101 Å². The number of carbonyl (C=O) groups excluding carboxylic acids is 3. The first-order valence-corrected chi connectivity index (χ1v) is 13.4. The third-order valence-corrected chi connectivity index (χ3v) is 7.16. The molecule has 3 amide bonds. The molecule has 0 bridgehead atoms. The number of methoxy groups -OCH3 is 1. The van der Waals surface area contributed by atoms with Crippen LogP contribution in [0, 0.1) is 0 Å². The molecule has 4 rings (SSSR count). The van der Waals surface area contributed by atoms with Crippen LogP contribution >= 0.6 is 34.5 Å². The minimum absolute atomic E-state index is 0.0543. The van der Waals surface area contributed by atoms with E-state index in [4.69, 9.17) is 27.9 Å². The molecule has 8 nitrogen and oxygen atoms in total. The monoisotopic (exact) mass is 560 g/mol. The lowest BCUT2D eigenvalue weighted by atomic mass is 10.1. The van der Waals surface area contributed by atoms with E-state index < -0.39 is 0 Å². The lowest BCUT2D eigenvalue weighted by Crippen LogP contribution is -2.39. The molecular weight excluding hydrogens is 535 g/mol. The molecular formula is C26H26Cl2N4O4S. The van der Waals surface area contributed by atoms with E-state index in [2.05, 4.69) is 15.6 Å². The predicted octanol–water partition coefficient (Wildman–Crippen LogP) is 4.60. The molecule has 1 saturated carbocycles. The van der Waals surface area contributed by atoms with Crippen LogP contribution in [0.3, 0.4) is 0 Å². The van der Waals surface area contributed by atoms with Crippen molar-refractivity contribution in [3.8, 4) is 5.75 Å². The van der Waals surface area contributed by atoms with E-state index in [0.29, 0.717) is 45.1 Å². The van der Waals surface area contributed by atoms with Crippen molar-refractivity contribution >= 4 is 57.4 Å². The third kappa shape index (κ3) is 7.67. The summed E-state index contributed by atoms with van der Waals surface area (Å²) in [5.74, 6) is -0.0552. The van der Waals surface area contributed by atoms with Crippen LogP contribution < -0.4 is 15.4 Å². The average molecular weight is 561 g/mol. The Morgan fingerprint density at radius 3 is 2.54 bits per heavy atom. The van der Waals surface area contributed by atoms with E-state index in [0.717, 1.165) is 18.4 Å². The van der Waals surface area contributed by atoms with E-state index in [9.17, 15) is 14.4 Å². The highest BCUT2D eigenvalue weighted by molar-refractivity contribution is 7.13. The Balaban J connectivity index is 1.25. The zero-order chi connectivity index (χ0) is 26.4. The number of hydrogen-bond acceptors (Lipinski definition) is 6. The minimum Gasteiger partial charge on any atom is -0.497 e. The normalized spacial score (nSPS) is 12.6. The maximum Gasteiger partial charge on any atom is 0.254 e. The molecule has 194 valence electrons.